The summed E-state index contributed by atoms with van der Waals surface area (Å²) in [5.41, 5.74) is 0.671. The number of hydrogen-bond acceptors (Lipinski definition) is 6. The topological polar surface area (TPSA) is 100 Å². The third-order valence-electron chi connectivity index (χ3n) is 6.06. The van der Waals surface area contributed by atoms with Gasteiger partial charge in [-0.05, 0) is 43.9 Å². The third-order valence-corrected chi connectivity index (χ3v) is 6.06. The summed E-state index contributed by atoms with van der Waals surface area (Å²) in [4.78, 5) is 45.9. The first kappa shape index (κ1) is 20.9. The molecule has 2 aliphatic rings. The van der Waals surface area contributed by atoms with Crippen LogP contribution >= 0.6 is 0 Å². The monoisotopic (exact) mass is 425 g/mol. The molecule has 2 saturated heterocycles. The van der Waals surface area contributed by atoms with Crippen molar-refractivity contribution >= 4 is 23.5 Å². The van der Waals surface area contributed by atoms with Crippen LogP contribution in [0.1, 0.15) is 41.6 Å². The van der Waals surface area contributed by atoms with Crippen LogP contribution in [0.2, 0.25) is 0 Å². The van der Waals surface area contributed by atoms with Crippen LogP contribution in [0.15, 0.2) is 32.8 Å². The van der Waals surface area contributed by atoms with Gasteiger partial charge < -0.3 is 14.9 Å². The molecule has 1 N–H and O–H groups in total. The first-order valence-corrected chi connectivity index (χ1v) is 10.6. The second kappa shape index (κ2) is 8.41. The van der Waals surface area contributed by atoms with Crippen molar-refractivity contribution in [3.8, 4) is 5.88 Å². The fraction of sp³-hybridized carbons (Fsp3) is 0.455. The Balaban J connectivity index is 1.77. The summed E-state index contributed by atoms with van der Waals surface area (Å²) in [5, 5.41) is 10.3. The van der Waals surface area contributed by atoms with E-state index in [1.54, 1.807) is 6.07 Å². The van der Waals surface area contributed by atoms with E-state index in [0.717, 1.165) is 66.7 Å². The van der Waals surface area contributed by atoms with Gasteiger partial charge in [0, 0.05) is 52.1 Å². The molecule has 1 aromatic heterocycles. The highest BCUT2D eigenvalue weighted by Crippen LogP contribution is 2.33. The number of aromatic hydroxyl groups is 1. The summed E-state index contributed by atoms with van der Waals surface area (Å²) in [5.74, 6) is -0.466. The molecule has 1 aromatic carbocycles. The molecule has 0 radical (unpaired) electrons. The zero-order chi connectivity index (χ0) is 22.1. The Morgan fingerprint density at radius 2 is 1.65 bits per heavy atom. The van der Waals surface area contributed by atoms with Gasteiger partial charge in [-0.3, -0.25) is 23.7 Å². The van der Waals surface area contributed by atoms with E-state index in [0.29, 0.717) is 11.3 Å². The molecule has 0 spiro atoms. The Morgan fingerprint density at radius 3 is 2.32 bits per heavy atom. The highest BCUT2D eigenvalue weighted by Gasteiger charge is 2.22. The molecule has 4 rings (SSSR count). The number of aromatic nitrogens is 2. The molecule has 0 aliphatic carbocycles. The van der Waals surface area contributed by atoms with Crippen molar-refractivity contribution in [1.82, 2.24) is 14.0 Å². The van der Waals surface area contributed by atoms with Crippen molar-refractivity contribution in [2.24, 2.45) is 19.1 Å². The molecule has 9 nitrogen and oxygen atoms in total. The minimum atomic E-state index is -0.628. The number of nitrogens with zero attached hydrogens (tertiary/aromatic N) is 5. The maximum atomic E-state index is 12.9. The van der Waals surface area contributed by atoms with Gasteiger partial charge >= 0.3 is 5.69 Å². The largest absolute Gasteiger partial charge is 0.494 e. The van der Waals surface area contributed by atoms with Gasteiger partial charge in [-0.1, -0.05) is 0 Å². The summed E-state index contributed by atoms with van der Waals surface area (Å²) >= 11 is 0. The van der Waals surface area contributed by atoms with Gasteiger partial charge in [0.25, 0.3) is 11.5 Å². The van der Waals surface area contributed by atoms with E-state index in [1.807, 2.05) is 17.0 Å². The molecule has 9 heteroatoms. The van der Waals surface area contributed by atoms with Gasteiger partial charge in [0.05, 0.1) is 11.4 Å². The molecule has 2 aliphatic heterocycles. The van der Waals surface area contributed by atoms with Gasteiger partial charge in [-0.25, -0.2) is 4.79 Å². The molecule has 0 unspecified atom stereocenters. The summed E-state index contributed by atoms with van der Waals surface area (Å²) < 4.78 is 1.92. The molecular formula is C22H27N5O4. The minimum Gasteiger partial charge on any atom is -0.494 e. The second-order valence-electron chi connectivity index (χ2n) is 8.10. The summed E-state index contributed by atoms with van der Waals surface area (Å²) in [6.45, 7) is 3.31. The first-order chi connectivity index (χ1) is 14.9. The van der Waals surface area contributed by atoms with E-state index < -0.39 is 17.1 Å². The lowest BCUT2D eigenvalue weighted by Crippen LogP contribution is -2.38. The fourth-order valence-electron chi connectivity index (χ4n) is 4.19. The van der Waals surface area contributed by atoms with E-state index in [1.165, 1.54) is 20.3 Å². The normalized spacial score (nSPS) is 16.6. The van der Waals surface area contributed by atoms with E-state index >= 15 is 0 Å². The number of aliphatic imine (C=N–C) groups is 1. The molecule has 31 heavy (non-hydrogen) atoms. The van der Waals surface area contributed by atoms with Crippen LogP contribution in [-0.4, -0.2) is 57.4 Å². The van der Waals surface area contributed by atoms with Crippen LogP contribution in [-0.2, 0) is 14.1 Å². The summed E-state index contributed by atoms with van der Waals surface area (Å²) in [6.07, 6.45) is 5.46. The number of hydrogen-bond donors (Lipinski definition) is 1. The average Bonchev–Trinajstić information content (AvgIpc) is 3.50. The average molecular weight is 425 g/mol. The predicted octanol–water partition coefficient (Wildman–Crippen LogP) is 1.38. The molecule has 1 amide bonds. The van der Waals surface area contributed by atoms with Crippen LogP contribution in [0.4, 0.5) is 11.4 Å². The minimum absolute atomic E-state index is 0.0252. The van der Waals surface area contributed by atoms with Crippen molar-refractivity contribution in [3.05, 3.63) is 50.2 Å². The Labute approximate surface area is 179 Å². The van der Waals surface area contributed by atoms with E-state index in [4.69, 9.17) is 0 Å². The molecule has 0 saturated carbocycles. The number of likely N-dealkylation sites (tertiary alicyclic amines) is 1. The number of amides is 1. The van der Waals surface area contributed by atoms with Crippen molar-refractivity contribution in [2.45, 2.75) is 25.7 Å². The van der Waals surface area contributed by atoms with Crippen LogP contribution in [0, 0.1) is 0 Å². The van der Waals surface area contributed by atoms with Crippen molar-refractivity contribution in [2.75, 3.05) is 31.1 Å². The summed E-state index contributed by atoms with van der Waals surface area (Å²) in [6, 6.07) is 5.48. The Hall–Kier alpha value is -3.36. The highest BCUT2D eigenvalue weighted by molar-refractivity contribution is 5.97. The maximum Gasteiger partial charge on any atom is 0.333 e. The van der Waals surface area contributed by atoms with Gasteiger partial charge in [0.1, 0.15) is 5.56 Å². The molecule has 3 heterocycles. The molecule has 2 aromatic rings. The molecule has 0 bridgehead atoms. The maximum absolute atomic E-state index is 12.9. The van der Waals surface area contributed by atoms with Crippen molar-refractivity contribution in [1.29, 1.82) is 0 Å². The van der Waals surface area contributed by atoms with Gasteiger partial charge in [0.2, 0.25) is 5.88 Å². The van der Waals surface area contributed by atoms with Crippen LogP contribution in [0.25, 0.3) is 0 Å². The van der Waals surface area contributed by atoms with E-state index in [-0.39, 0.29) is 11.5 Å². The predicted molar refractivity (Wildman–Crippen MR) is 119 cm³/mol. The molecule has 0 atom stereocenters. The Morgan fingerprint density at radius 1 is 1.00 bits per heavy atom. The van der Waals surface area contributed by atoms with Crippen LogP contribution < -0.4 is 16.1 Å². The lowest BCUT2D eigenvalue weighted by atomic mass is 10.1. The zero-order valence-electron chi connectivity index (χ0n) is 17.9. The SMILES string of the molecule is Cn1c(O)c(C=Nc2cc(C(=O)N3CCCC3)ccc2N2CCCC2)c(=O)n(C)c1=O. The number of rotatable bonds is 4. The van der Waals surface area contributed by atoms with Crippen molar-refractivity contribution in [3.63, 3.8) is 0 Å². The number of carbonyl (C=O) groups is 1. The van der Waals surface area contributed by atoms with Crippen LogP contribution in [0.3, 0.4) is 0 Å². The summed E-state index contributed by atoms with van der Waals surface area (Å²) in [7, 11) is 2.74. The van der Waals surface area contributed by atoms with Crippen LogP contribution in [0.5, 0.6) is 5.88 Å². The Bertz CT molecular complexity index is 1150. The Kier molecular flexibility index (Phi) is 5.67. The van der Waals surface area contributed by atoms with E-state index in [2.05, 4.69) is 9.89 Å². The van der Waals surface area contributed by atoms with Gasteiger partial charge in [-0.2, -0.15) is 0 Å². The van der Waals surface area contributed by atoms with Crippen molar-refractivity contribution < 1.29 is 9.90 Å². The lowest BCUT2D eigenvalue weighted by Gasteiger charge is -2.21. The second-order valence-corrected chi connectivity index (χ2v) is 8.10. The smallest absolute Gasteiger partial charge is 0.333 e. The van der Waals surface area contributed by atoms with Gasteiger partial charge in [-0.15, -0.1) is 0 Å². The molecule has 164 valence electrons. The molecular weight excluding hydrogens is 398 g/mol. The third kappa shape index (κ3) is 3.87. The number of anilines is 1. The fourth-order valence-corrected chi connectivity index (χ4v) is 4.19. The quantitative estimate of drug-likeness (QED) is 0.746. The lowest BCUT2D eigenvalue weighted by molar-refractivity contribution is 0.0793. The highest BCUT2D eigenvalue weighted by atomic mass is 16.3. The first-order valence-electron chi connectivity index (χ1n) is 10.6. The number of benzene rings is 1. The van der Waals surface area contributed by atoms with E-state index in [9.17, 15) is 19.5 Å². The van der Waals surface area contributed by atoms with Gasteiger partial charge in [0.15, 0.2) is 0 Å². The number of carbonyl (C=O) groups excluding carboxylic acids is 1. The molecule has 2 fully saturated rings. The standard InChI is InChI=1S/C22H27N5O4/c1-24-20(29)16(21(30)25(2)22(24)31)14-23-17-13-15(19(28)27-11-5-6-12-27)7-8-18(17)26-9-3-4-10-26/h7-8,13-14,29H,3-6,9-12H2,1-2H3. The zero-order valence-corrected chi connectivity index (χ0v) is 17.9.